The van der Waals surface area contributed by atoms with Gasteiger partial charge in [-0.2, -0.15) is 0 Å². The Morgan fingerprint density at radius 1 is 0.950 bits per heavy atom. The summed E-state index contributed by atoms with van der Waals surface area (Å²) in [6.45, 7) is 2.32. The van der Waals surface area contributed by atoms with E-state index in [1.165, 1.54) is 51.4 Å². The van der Waals surface area contributed by atoms with Gasteiger partial charge in [-0.1, -0.05) is 57.6 Å². The van der Waals surface area contributed by atoms with E-state index in [0.29, 0.717) is 11.7 Å². The molecule has 0 aromatic heterocycles. The highest BCUT2D eigenvalue weighted by Crippen LogP contribution is 2.34. The summed E-state index contributed by atoms with van der Waals surface area (Å²) in [5, 5.41) is 0. The molecule has 0 spiro atoms. The van der Waals surface area contributed by atoms with Crippen molar-refractivity contribution in [3.8, 4) is 0 Å². The van der Waals surface area contributed by atoms with Gasteiger partial charge in [0.1, 0.15) is 5.78 Å². The summed E-state index contributed by atoms with van der Waals surface area (Å²) in [6, 6.07) is 0. The van der Waals surface area contributed by atoms with Gasteiger partial charge in [0.05, 0.1) is 0 Å². The van der Waals surface area contributed by atoms with Crippen LogP contribution in [0.3, 0.4) is 0 Å². The number of allylic oxidation sites excluding steroid dienone is 2. The number of ketones is 1. The molecular formula is C19H32O. The molecular weight excluding hydrogens is 244 g/mol. The Hall–Kier alpha value is -0.590. The third-order valence-corrected chi connectivity index (χ3v) is 5.40. The quantitative estimate of drug-likeness (QED) is 0.570. The van der Waals surface area contributed by atoms with Crippen LogP contribution in [0.15, 0.2) is 12.2 Å². The lowest BCUT2D eigenvalue weighted by molar-refractivity contribution is -0.120. The minimum atomic E-state index is 0.471. The molecule has 20 heavy (non-hydrogen) atoms. The Kier molecular flexibility index (Phi) is 6.82. The lowest BCUT2D eigenvalue weighted by atomic mass is 9.78. The number of carbonyl (C=O) groups is 1. The van der Waals surface area contributed by atoms with Gasteiger partial charge in [-0.25, -0.2) is 0 Å². The zero-order chi connectivity index (χ0) is 14.2. The number of hydrogen-bond donors (Lipinski definition) is 0. The Balaban J connectivity index is 1.56. The smallest absolute Gasteiger partial charge is 0.132 e. The van der Waals surface area contributed by atoms with Crippen molar-refractivity contribution in [2.75, 3.05) is 0 Å². The highest BCUT2D eigenvalue weighted by atomic mass is 16.1. The van der Waals surface area contributed by atoms with Gasteiger partial charge in [0, 0.05) is 12.8 Å². The van der Waals surface area contributed by atoms with Gasteiger partial charge >= 0.3 is 0 Å². The first-order valence-electron chi connectivity index (χ1n) is 8.96. The SMILES string of the molecule is CCC[C@H]1CC[C@H](CC/C=C/C2CCC(=O)CC2)CC1. The molecule has 0 aromatic rings. The molecule has 2 fully saturated rings. The van der Waals surface area contributed by atoms with E-state index in [9.17, 15) is 4.79 Å². The highest BCUT2D eigenvalue weighted by molar-refractivity contribution is 5.79. The predicted octanol–water partition coefficient (Wildman–Crippen LogP) is 5.69. The second-order valence-corrected chi connectivity index (χ2v) is 7.06. The number of Topliss-reactive ketones (excluding diaryl/α,β-unsaturated/α-hetero) is 1. The van der Waals surface area contributed by atoms with Crippen LogP contribution < -0.4 is 0 Å². The fraction of sp³-hybridized carbons (Fsp3) is 0.842. The van der Waals surface area contributed by atoms with Gasteiger partial charge in [0.25, 0.3) is 0 Å². The molecule has 1 heteroatoms. The fourth-order valence-corrected chi connectivity index (χ4v) is 3.99. The normalized spacial score (nSPS) is 29.1. The van der Waals surface area contributed by atoms with E-state index < -0.39 is 0 Å². The van der Waals surface area contributed by atoms with Crippen LogP contribution in [0, 0.1) is 17.8 Å². The molecule has 0 saturated heterocycles. The number of hydrogen-bond acceptors (Lipinski definition) is 1. The van der Waals surface area contributed by atoms with Crippen molar-refractivity contribution < 1.29 is 4.79 Å². The van der Waals surface area contributed by atoms with E-state index in [2.05, 4.69) is 19.1 Å². The van der Waals surface area contributed by atoms with Crippen LogP contribution in [-0.4, -0.2) is 5.78 Å². The van der Waals surface area contributed by atoms with Crippen molar-refractivity contribution in [2.45, 2.75) is 84.0 Å². The molecule has 1 nitrogen and oxygen atoms in total. The zero-order valence-electron chi connectivity index (χ0n) is 13.3. The first-order valence-corrected chi connectivity index (χ1v) is 8.96. The van der Waals surface area contributed by atoms with Crippen molar-refractivity contribution in [1.29, 1.82) is 0 Å². The minimum absolute atomic E-state index is 0.471. The molecule has 2 saturated carbocycles. The molecule has 0 radical (unpaired) electrons. The lowest BCUT2D eigenvalue weighted by Gasteiger charge is -2.28. The summed E-state index contributed by atoms with van der Waals surface area (Å²) in [4.78, 5) is 11.2. The molecule has 0 atom stereocenters. The molecule has 0 aliphatic heterocycles. The van der Waals surface area contributed by atoms with Crippen LogP contribution in [0.1, 0.15) is 84.0 Å². The molecule has 0 bridgehead atoms. The van der Waals surface area contributed by atoms with Gasteiger partial charge in [-0.3, -0.25) is 4.79 Å². The average Bonchev–Trinajstić information content (AvgIpc) is 2.47. The van der Waals surface area contributed by atoms with Crippen molar-refractivity contribution in [3.63, 3.8) is 0 Å². The summed E-state index contributed by atoms with van der Waals surface area (Å²) in [5.74, 6) is 3.18. The maximum atomic E-state index is 11.2. The molecule has 0 amide bonds. The van der Waals surface area contributed by atoms with E-state index in [1.54, 1.807) is 0 Å². The van der Waals surface area contributed by atoms with Crippen LogP contribution >= 0.6 is 0 Å². The topological polar surface area (TPSA) is 17.1 Å². The van der Waals surface area contributed by atoms with Gasteiger partial charge in [0.15, 0.2) is 0 Å². The van der Waals surface area contributed by atoms with Crippen molar-refractivity contribution in [1.82, 2.24) is 0 Å². The molecule has 114 valence electrons. The minimum Gasteiger partial charge on any atom is -0.300 e. The van der Waals surface area contributed by atoms with E-state index in [-0.39, 0.29) is 0 Å². The monoisotopic (exact) mass is 276 g/mol. The maximum absolute atomic E-state index is 11.2. The summed E-state index contributed by atoms with van der Waals surface area (Å²) in [5.41, 5.74) is 0. The van der Waals surface area contributed by atoms with Crippen LogP contribution in [0.5, 0.6) is 0 Å². The molecule has 0 aromatic carbocycles. The molecule has 0 unspecified atom stereocenters. The van der Waals surface area contributed by atoms with E-state index in [0.717, 1.165) is 37.5 Å². The van der Waals surface area contributed by atoms with Crippen molar-refractivity contribution in [3.05, 3.63) is 12.2 Å². The second kappa shape index (κ2) is 8.64. The molecule has 2 aliphatic carbocycles. The summed E-state index contributed by atoms with van der Waals surface area (Å²) in [7, 11) is 0. The van der Waals surface area contributed by atoms with Crippen molar-refractivity contribution in [2.24, 2.45) is 17.8 Å². The first-order chi connectivity index (χ1) is 9.78. The van der Waals surface area contributed by atoms with Gasteiger partial charge < -0.3 is 0 Å². The van der Waals surface area contributed by atoms with Crippen LogP contribution in [-0.2, 0) is 4.79 Å². The standard InChI is InChI=1S/C19H32O/c1-2-5-16-8-10-17(11-9-16)6-3-4-7-18-12-14-19(20)15-13-18/h4,7,16-18H,2-3,5-6,8-15H2,1H3/b7-4+/t16-,17-. The number of rotatable bonds is 6. The third-order valence-electron chi connectivity index (χ3n) is 5.40. The maximum Gasteiger partial charge on any atom is 0.132 e. The summed E-state index contributed by atoms with van der Waals surface area (Å²) < 4.78 is 0. The molecule has 0 N–H and O–H groups in total. The second-order valence-electron chi connectivity index (χ2n) is 7.06. The van der Waals surface area contributed by atoms with Crippen LogP contribution in [0.2, 0.25) is 0 Å². The fourth-order valence-electron chi connectivity index (χ4n) is 3.99. The number of carbonyl (C=O) groups excluding carboxylic acids is 1. The van der Waals surface area contributed by atoms with Crippen LogP contribution in [0.25, 0.3) is 0 Å². The predicted molar refractivity (Wildman–Crippen MR) is 85.7 cm³/mol. The lowest BCUT2D eigenvalue weighted by Crippen LogP contribution is -2.14. The molecule has 2 aliphatic rings. The van der Waals surface area contributed by atoms with E-state index >= 15 is 0 Å². The van der Waals surface area contributed by atoms with Crippen molar-refractivity contribution >= 4 is 5.78 Å². The zero-order valence-corrected chi connectivity index (χ0v) is 13.3. The Morgan fingerprint density at radius 2 is 1.55 bits per heavy atom. The largest absolute Gasteiger partial charge is 0.300 e. The first kappa shape index (κ1) is 15.8. The Labute approximate surface area is 125 Å². The van der Waals surface area contributed by atoms with Gasteiger partial charge in [-0.15, -0.1) is 0 Å². The van der Waals surface area contributed by atoms with Gasteiger partial charge in [0.2, 0.25) is 0 Å². The highest BCUT2D eigenvalue weighted by Gasteiger charge is 2.20. The summed E-state index contributed by atoms with van der Waals surface area (Å²) >= 11 is 0. The van der Waals surface area contributed by atoms with Gasteiger partial charge in [-0.05, 0) is 43.4 Å². The van der Waals surface area contributed by atoms with Crippen LogP contribution in [0.4, 0.5) is 0 Å². The van der Waals surface area contributed by atoms with E-state index in [4.69, 9.17) is 0 Å². The summed E-state index contributed by atoms with van der Waals surface area (Å²) in [6.07, 6.45) is 20.0. The molecule has 2 rings (SSSR count). The molecule has 0 heterocycles. The average molecular weight is 276 g/mol. The third kappa shape index (κ3) is 5.42. The van der Waals surface area contributed by atoms with E-state index in [1.807, 2.05) is 0 Å². The Morgan fingerprint density at radius 3 is 2.15 bits per heavy atom. The Bertz CT molecular complexity index is 300.